The quantitative estimate of drug-likeness (QED) is 0.614. The average Bonchev–Trinajstić information content (AvgIpc) is 2.60. The molecule has 0 aromatic heterocycles. The van der Waals surface area contributed by atoms with Crippen LogP contribution in [-0.2, 0) is 9.39 Å². The second-order valence-electron chi connectivity index (χ2n) is 7.23. The molecule has 5 nitrogen and oxygen atoms in total. The minimum atomic E-state index is -1.16. The van der Waals surface area contributed by atoms with Gasteiger partial charge < -0.3 is 19.5 Å². The Morgan fingerprint density at radius 3 is 2.15 bits per heavy atom. The van der Waals surface area contributed by atoms with Gasteiger partial charge in [-0.3, -0.25) is 0 Å². The van der Waals surface area contributed by atoms with Crippen molar-refractivity contribution >= 4 is 18.6 Å². The molecule has 138 valence electrons. The molecule has 0 spiro atoms. The van der Waals surface area contributed by atoms with Crippen LogP contribution in [0, 0.1) is 0 Å². The van der Waals surface area contributed by atoms with Crippen molar-refractivity contribution in [3.8, 4) is 11.1 Å². The summed E-state index contributed by atoms with van der Waals surface area (Å²) in [5.41, 5.74) is 0.780. The van der Waals surface area contributed by atoms with Crippen molar-refractivity contribution in [2.24, 2.45) is 0 Å². The lowest BCUT2D eigenvalue weighted by molar-refractivity contribution is -0.0982. The standard InChI is InChI=1S/C20H25BO5/c1-19(2,23)20(3,4)26-21(24)17-11-9-14(10-12-17)15-7-6-8-16(13-15)18(22)25-5/h6-13,23-24H,1-5H3. The number of hydrogen-bond acceptors (Lipinski definition) is 5. The van der Waals surface area contributed by atoms with Gasteiger partial charge in [-0.2, -0.15) is 0 Å². The van der Waals surface area contributed by atoms with Gasteiger partial charge in [0.2, 0.25) is 0 Å². The summed E-state index contributed by atoms with van der Waals surface area (Å²) >= 11 is 0. The van der Waals surface area contributed by atoms with E-state index in [0.717, 1.165) is 11.1 Å². The first-order valence-corrected chi connectivity index (χ1v) is 8.42. The highest BCUT2D eigenvalue weighted by Crippen LogP contribution is 2.25. The molecule has 0 saturated carbocycles. The van der Waals surface area contributed by atoms with E-state index in [1.165, 1.54) is 7.11 Å². The molecule has 0 aliphatic rings. The number of benzene rings is 2. The second kappa shape index (κ2) is 7.62. The highest BCUT2D eigenvalue weighted by Gasteiger charge is 2.39. The van der Waals surface area contributed by atoms with Crippen LogP contribution in [0.25, 0.3) is 11.1 Å². The zero-order chi connectivity index (χ0) is 19.5. The van der Waals surface area contributed by atoms with Crippen LogP contribution in [-0.4, -0.2) is 41.5 Å². The Bertz CT molecular complexity index is 763. The number of methoxy groups -OCH3 is 1. The second-order valence-corrected chi connectivity index (χ2v) is 7.23. The van der Waals surface area contributed by atoms with Crippen molar-refractivity contribution in [1.29, 1.82) is 0 Å². The van der Waals surface area contributed by atoms with Gasteiger partial charge in [0, 0.05) is 0 Å². The van der Waals surface area contributed by atoms with E-state index in [1.807, 2.05) is 18.2 Å². The van der Waals surface area contributed by atoms with E-state index < -0.39 is 18.3 Å². The molecule has 6 heteroatoms. The van der Waals surface area contributed by atoms with E-state index >= 15 is 0 Å². The third kappa shape index (κ3) is 4.52. The van der Waals surface area contributed by atoms with Crippen molar-refractivity contribution in [3.63, 3.8) is 0 Å². The van der Waals surface area contributed by atoms with Gasteiger partial charge in [-0.15, -0.1) is 0 Å². The van der Waals surface area contributed by atoms with Crippen LogP contribution in [0.15, 0.2) is 48.5 Å². The molecule has 2 aromatic carbocycles. The fourth-order valence-corrected chi connectivity index (χ4v) is 2.28. The van der Waals surface area contributed by atoms with Gasteiger partial charge in [0.1, 0.15) is 0 Å². The normalized spacial score (nSPS) is 12.0. The first kappa shape index (κ1) is 20.2. The lowest BCUT2D eigenvalue weighted by atomic mass is 9.76. The minimum Gasteiger partial charge on any atom is -0.465 e. The zero-order valence-corrected chi connectivity index (χ0v) is 15.8. The number of carbonyl (C=O) groups excluding carboxylic acids is 1. The summed E-state index contributed by atoms with van der Waals surface area (Å²) in [6.45, 7) is 6.72. The van der Waals surface area contributed by atoms with Crippen molar-refractivity contribution in [2.75, 3.05) is 7.11 Å². The number of carbonyl (C=O) groups is 1. The Hall–Kier alpha value is -2.15. The highest BCUT2D eigenvalue weighted by molar-refractivity contribution is 6.60. The van der Waals surface area contributed by atoms with E-state index in [4.69, 9.17) is 9.39 Å². The average molecular weight is 356 g/mol. The molecule has 0 atom stereocenters. The van der Waals surface area contributed by atoms with Crippen LogP contribution in [0.4, 0.5) is 0 Å². The molecule has 0 unspecified atom stereocenters. The maximum atomic E-state index is 11.7. The number of aliphatic hydroxyl groups is 1. The predicted molar refractivity (Wildman–Crippen MR) is 102 cm³/mol. The van der Waals surface area contributed by atoms with Crippen LogP contribution in [0.3, 0.4) is 0 Å². The molecule has 2 N–H and O–H groups in total. The summed E-state index contributed by atoms with van der Waals surface area (Å²) in [5.74, 6) is -0.388. The van der Waals surface area contributed by atoms with Crippen LogP contribution in [0.5, 0.6) is 0 Å². The number of ether oxygens (including phenoxy) is 1. The number of esters is 1. The Morgan fingerprint density at radius 2 is 1.62 bits per heavy atom. The monoisotopic (exact) mass is 356 g/mol. The van der Waals surface area contributed by atoms with Gasteiger partial charge in [0.05, 0.1) is 23.9 Å². The van der Waals surface area contributed by atoms with Gasteiger partial charge in [0.25, 0.3) is 0 Å². The summed E-state index contributed by atoms with van der Waals surface area (Å²) in [4.78, 5) is 11.7. The first-order chi connectivity index (χ1) is 12.0. The molecule has 26 heavy (non-hydrogen) atoms. The molecule has 2 aromatic rings. The molecule has 0 aliphatic carbocycles. The van der Waals surface area contributed by atoms with Crippen molar-refractivity contribution < 1.29 is 24.3 Å². The molecule has 0 bridgehead atoms. The SMILES string of the molecule is COC(=O)c1cccc(-c2ccc(B(O)OC(C)(C)C(C)(C)O)cc2)c1. The van der Waals surface area contributed by atoms with Gasteiger partial charge in [-0.1, -0.05) is 36.4 Å². The Kier molecular flexibility index (Phi) is 5.91. The zero-order valence-electron chi connectivity index (χ0n) is 15.8. The van der Waals surface area contributed by atoms with E-state index in [2.05, 4.69) is 0 Å². The van der Waals surface area contributed by atoms with Crippen LogP contribution >= 0.6 is 0 Å². The van der Waals surface area contributed by atoms with Crippen LogP contribution < -0.4 is 5.46 Å². The fourth-order valence-electron chi connectivity index (χ4n) is 2.28. The molecule has 0 amide bonds. The molecule has 0 saturated heterocycles. The smallest absolute Gasteiger partial charge is 0.465 e. The van der Waals surface area contributed by atoms with E-state index in [9.17, 15) is 14.9 Å². The van der Waals surface area contributed by atoms with Gasteiger partial charge in [-0.25, -0.2) is 4.79 Å². The van der Waals surface area contributed by atoms with Crippen molar-refractivity contribution in [3.05, 3.63) is 54.1 Å². The Labute approximate surface area is 154 Å². The van der Waals surface area contributed by atoms with Crippen LogP contribution in [0.2, 0.25) is 0 Å². The van der Waals surface area contributed by atoms with E-state index in [-0.39, 0.29) is 5.97 Å². The number of rotatable bonds is 6. The third-order valence-corrected chi connectivity index (χ3v) is 4.69. The summed E-state index contributed by atoms with van der Waals surface area (Å²) < 4.78 is 10.4. The fraction of sp³-hybridized carbons (Fsp3) is 0.350. The molecular formula is C20H25BO5. The van der Waals surface area contributed by atoms with E-state index in [0.29, 0.717) is 11.0 Å². The Morgan fingerprint density at radius 1 is 1.00 bits per heavy atom. The number of hydrogen-bond donors (Lipinski definition) is 2. The lowest BCUT2D eigenvalue weighted by Gasteiger charge is -2.38. The molecule has 2 rings (SSSR count). The van der Waals surface area contributed by atoms with Crippen molar-refractivity contribution in [1.82, 2.24) is 0 Å². The van der Waals surface area contributed by atoms with Gasteiger partial charge in [0.15, 0.2) is 0 Å². The highest BCUT2D eigenvalue weighted by atomic mass is 16.5. The summed E-state index contributed by atoms with van der Waals surface area (Å²) in [5, 5.41) is 20.5. The van der Waals surface area contributed by atoms with Crippen LogP contribution in [0.1, 0.15) is 38.1 Å². The first-order valence-electron chi connectivity index (χ1n) is 8.42. The Balaban J connectivity index is 2.19. The summed E-state index contributed by atoms with van der Waals surface area (Å²) in [6, 6.07) is 14.3. The molecular weight excluding hydrogens is 331 g/mol. The van der Waals surface area contributed by atoms with Crippen molar-refractivity contribution in [2.45, 2.75) is 38.9 Å². The topological polar surface area (TPSA) is 76.0 Å². The molecule has 0 fully saturated rings. The van der Waals surface area contributed by atoms with Gasteiger partial charge >= 0.3 is 13.1 Å². The van der Waals surface area contributed by atoms with Gasteiger partial charge in [-0.05, 0) is 56.4 Å². The predicted octanol–water partition coefficient (Wildman–Crippen LogP) is 2.39. The maximum Gasteiger partial charge on any atom is 0.491 e. The third-order valence-electron chi connectivity index (χ3n) is 4.69. The van der Waals surface area contributed by atoms with E-state index in [1.54, 1.807) is 58.0 Å². The molecule has 0 aliphatic heterocycles. The summed E-state index contributed by atoms with van der Waals surface area (Å²) in [6.07, 6.45) is 0. The lowest BCUT2D eigenvalue weighted by Crippen LogP contribution is -2.53. The maximum absolute atomic E-state index is 11.7. The largest absolute Gasteiger partial charge is 0.491 e. The molecule has 0 heterocycles. The summed E-state index contributed by atoms with van der Waals surface area (Å²) in [7, 11) is 0.187. The minimum absolute atomic E-state index is 0.388. The molecule has 0 radical (unpaired) electrons.